The van der Waals surface area contributed by atoms with E-state index in [1.807, 2.05) is 0 Å². The fraction of sp³-hybridized carbons (Fsp3) is 0.732. The Morgan fingerprint density at radius 2 is 1.72 bits per heavy atom. The molecule has 1 aromatic rings. The fourth-order valence-electron chi connectivity index (χ4n) is 10.2. The Balaban J connectivity index is 1.87. The van der Waals surface area contributed by atoms with Crippen LogP contribution in [0.15, 0.2) is 35.2 Å². The quantitative estimate of drug-likeness (QED) is 0.106. The van der Waals surface area contributed by atoms with Gasteiger partial charge in [-0.3, -0.25) is 19.2 Å². The number of aliphatic hydroxyl groups excluding tert-OH is 1. The summed E-state index contributed by atoms with van der Waals surface area (Å²) in [5.41, 5.74) is -6.89. The summed E-state index contributed by atoms with van der Waals surface area (Å²) in [7, 11) is 1.18. The van der Waals surface area contributed by atoms with Crippen molar-refractivity contribution < 1.29 is 76.9 Å². The molecule has 4 fully saturated rings. The Kier molecular flexibility index (Phi) is 12.5. The Hall–Kier alpha value is -3.83. The zero-order valence-electron chi connectivity index (χ0n) is 34.2. The zero-order chi connectivity index (χ0) is 42.5. The van der Waals surface area contributed by atoms with Crippen LogP contribution in [-0.2, 0) is 57.1 Å². The number of carbonyl (C=O) groups is 5. The molecule has 0 aromatic carbocycles. The highest BCUT2D eigenvalue weighted by molar-refractivity contribution is 5.75. The van der Waals surface area contributed by atoms with Gasteiger partial charge >= 0.3 is 23.9 Å². The van der Waals surface area contributed by atoms with Gasteiger partial charge < -0.3 is 52.9 Å². The third-order valence-electron chi connectivity index (χ3n) is 13.8. The molecule has 0 amide bonds. The molecule has 2 bridgehead atoms. The van der Waals surface area contributed by atoms with Crippen molar-refractivity contribution in [2.75, 3.05) is 13.7 Å². The molecule has 5 rings (SSSR count). The molecule has 4 aliphatic rings. The number of methoxy groups -OCH3 is 1. The average Bonchev–Trinajstić information content (AvgIpc) is 3.86. The predicted octanol–water partition coefficient (Wildman–Crippen LogP) is 3.48. The van der Waals surface area contributed by atoms with E-state index in [1.165, 1.54) is 19.6 Å². The first-order valence-corrected chi connectivity index (χ1v) is 19.6. The number of hydrogen-bond acceptors (Lipinski definition) is 16. The van der Waals surface area contributed by atoms with E-state index < -0.39 is 125 Å². The molecule has 2 unspecified atom stereocenters. The first kappa shape index (κ1) is 44.3. The van der Waals surface area contributed by atoms with Gasteiger partial charge in [-0.25, -0.2) is 4.79 Å². The van der Waals surface area contributed by atoms with Crippen molar-refractivity contribution >= 4 is 30.3 Å². The molecule has 0 radical (unpaired) electrons. The molecule has 318 valence electrons. The van der Waals surface area contributed by atoms with Crippen LogP contribution in [0.2, 0.25) is 0 Å². The molecule has 16 nitrogen and oxygen atoms in total. The van der Waals surface area contributed by atoms with Gasteiger partial charge in [0, 0.05) is 30.1 Å². The summed E-state index contributed by atoms with van der Waals surface area (Å²) in [6.45, 7) is 17.2. The van der Waals surface area contributed by atoms with Crippen LogP contribution in [0.4, 0.5) is 0 Å². The minimum absolute atomic E-state index is 0.0552. The van der Waals surface area contributed by atoms with E-state index in [0.29, 0.717) is 18.4 Å². The Morgan fingerprint density at radius 3 is 2.28 bits per heavy atom. The van der Waals surface area contributed by atoms with E-state index in [2.05, 4.69) is 6.58 Å². The van der Waals surface area contributed by atoms with Crippen LogP contribution in [0, 0.1) is 34.5 Å². The second kappa shape index (κ2) is 16.1. The molecule has 3 N–H and O–H groups in total. The van der Waals surface area contributed by atoms with E-state index in [9.17, 15) is 39.3 Å². The Bertz CT molecular complexity index is 1690. The maximum absolute atomic E-state index is 14.1. The van der Waals surface area contributed by atoms with Crippen LogP contribution in [0.3, 0.4) is 0 Å². The van der Waals surface area contributed by atoms with Crippen molar-refractivity contribution in [1.82, 2.24) is 0 Å². The number of ether oxygens (including phenoxy) is 7. The smallest absolute Gasteiger partial charge is 0.335 e. The number of rotatable bonds is 14. The molecular formula is C41H58O16. The van der Waals surface area contributed by atoms with Crippen LogP contribution in [-0.4, -0.2) is 107 Å². The number of hydrogen-bond donors (Lipinski definition) is 3. The average molecular weight is 807 g/mol. The van der Waals surface area contributed by atoms with Gasteiger partial charge in [-0.05, 0) is 42.9 Å². The van der Waals surface area contributed by atoms with Crippen molar-refractivity contribution in [1.29, 1.82) is 0 Å². The lowest BCUT2D eigenvalue weighted by atomic mass is 9.46. The fourth-order valence-corrected chi connectivity index (χ4v) is 10.2. The van der Waals surface area contributed by atoms with E-state index in [1.54, 1.807) is 54.5 Å². The minimum atomic E-state index is -2.34. The van der Waals surface area contributed by atoms with Gasteiger partial charge in [0.05, 0.1) is 56.0 Å². The lowest BCUT2D eigenvalue weighted by Gasteiger charge is -2.62. The monoisotopic (exact) mass is 806 g/mol. The molecule has 1 aromatic heterocycles. The minimum Gasteiger partial charge on any atom is -0.472 e. The summed E-state index contributed by atoms with van der Waals surface area (Å²) in [4.78, 5) is 66.9. The van der Waals surface area contributed by atoms with Gasteiger partial charge in [-0.2, -0.15) is 0 Å². The molecule has 3 heterocycles. The van der Waals surface area contributed by atoms with Gasteiger partial charge in [-0.1, -0.05) is 54.5 Å². The summed E-state index contributed by atoms with van der Waals surface area (Å²) >= 11 is 0. The lowest BCUT2D eigenvalue weighted by molar-refractivity contribution is -0.328. The number of esters is 4. The molecule has 2 saturated heterocycles. The highest BCUT2D eigenvalue weighted by Crippen LogP contribution is 2.70. The van der Waals surface area contributed by atoms with Gasteiger partial charge in [-0.15, -0.1) is 0 Å². The Morgan fingerprint density at radius 1 is 1.04 bits per heavy atom. The Labute approximate surface area is 332 Å². The summed E-state index contributed by atoms with van der Waals surface area (Å²) in [5.74, 6) is -10.1. The molecule has 15 atom stereocenters. The van der Waals surface area contributed by atoms with Crippen molar-refractivity contribution in [3.8, 4) is 0 Å². The third kappa shape index (κ3) is 7.19. The van der Waals surface area contributed by atoms with E-state index >= 15 is 0 Å². The molecule has 2 saturated carbocycles. The maximum Gasteiger partial charge on any atom is 0.335 e. The highest BCUT2D eigenvalue weighted by atomic mass is 16.9. The number of fused-ring (bicyclic) bond motifs is 3. The SMILES string of the molecule is C=C1C([C@]2(C)C(CC(=O)OC)[C@@]3(C)CO[C@@](O)(C[C@@H]2OC(C)=O)O3)[C@@H](OC=O)[C@H](OC(=O)[C@H](O)[C@H](C)CC)[C@@]2(C)[C@H](c3ccoc3)C[C@@H](OC(=O)[C@@H](C)CC)[C@]12O. The molecule has 2 aliphatic heterocycles. The molecule has 57 heavy (non-hydrogen) atoms. The van der Waals surface area contributed by atoms with Gasteiger partial charge in [0.25, 0.3) is 12.4 Å². The van der Waals surface area contributed by atoms with Crippen molar-refractivity contribution in [3.63, 3.8) is 0 Å². The first-order valence-electron chi connectivity index (χ1n) is 19.6. The van der Waals surface area contributed by atoms with E-state index in [-0.39, 0.29) is 25.1 Å². The molecular weight excluding hydrogens is 748 g/mol. The van der Waals surface area contributed by atoms with Crippen molar-refractivity contribution in [2.24, 2.45) is 34.5 Å². The van der Waals surface area contributed by atoms with Crippen molar-refractivity contribution in [3.05, 3.63) is 36.3 Å². The number of aliphatic hydroxyl groups is 3. The molecule has 16 heteroatoms. The van der Waals surface area contributed by atoms with Crippen molar-refractivity contribution in [2.45, 2.75) is 141 Å². The summed E-state index contributed by atoms with van der Waals surface area (Å²) in [6, 6.07) is 1.65. The van der Waals surface area contributed by atoms with Gasteiger partial charge in [0.15, 0.2) is 6.10 Å². The first-order chi connectivity index (χ1) is 26.6. The van der Waals surface area contributed by atoms with E-state index in [0.717, 1.165) is 6.92 Å². The second-order valence-corrected chi connectivity index (χ2v) is 16.9. The van der Waals surface area contributed by atoms with Crippen LogP contribution in [0.5, 0.6) is 0 Å². The summed E-state index contributed by atoms with van der Waals surface area (Å²) in [6.07, 6.45) is -5.04. The zero-order valence-corrected chi connectivity index (χ0v) is 34.2. The van der Waals surface area contributed by atoms with Crippen LogP contribution in [0.25, 0.3) is 0 Å². The van der Waals surface area contributed by atoms with Gasteiger partial charge in [0.2, 0.25) is 0 Å². The summed E-state index contributed by atoms with van der Waals surface area (Å²) < 4.78 is 47.1. The highest BCUT2D eigenvalue weighted by Gasteiger charge is 2.79. The largest absolute Gasteiger partial charge is 0.472 e. The normalized spacial score (nSPS) is 40.1. The molecule has 0 spiro atoms. The second-order valence-electron chi connectivity index (χ2n) is 16.9. The van der Waals surface area contributed by atoms with Crippen LogP contribution < -0.4 is 0 Å². The maximum atomic E-state index is 14.1. The van der Waals surface area contributed by atoms with Crippen LogP contribution in [0.1, 0.15) is 99.0 Å². The number of furan rings is 1. The van der Waals surface area contributed by atoms with Crippen LogP contribution >= 0.6 is 0 Å². The van der Waals surface area contributed by atoms with E-state index in [4.69, 9.17) is 37.6 Å². The topological polar surface area (TPSA) is 224 Å². The molecule has 2 aliphatic carbocycles. The summed E-state index contributed by atoms with van der Waals surface area (Å²) in [5, 5.41) is 36.6. The predicted molar refractivity (Wildman–Crippen MR) is 196 cm³/mol. The lowest BCUT2D eigenvalue weighted by Crippen LogP contribution is -2.72. The standard InChI is InChI=1S/C41H58O16/c1-11-21(3)32(45)36(47)56-34-33(52-20-42)31(38(8)27(16-30(44)50-10)37(7)19-53-40(48,57-37)17-29(38)54-24(6)43)23(5)41(49)28(55-35(46)22(4)12-2)15-26(39(34,41)9)25-13-14-51-18-25/h13-14,18,20-22,26-29,31-34,45,48-49H,5,11-12,15-17,19H2,1-4,6-10H3/t21-,22+,26+,27?,28-,29+,31?,32-,33-,34+,37-,38-,39-,40+,41-/m1/s1. The third-order valence-corrected chi connectivity index (χ3v) is 13.8. The van der Waals surface area contributed by atoms with Gasteiger partial charge in [0.1, 0.15) is 30.0 Å². The number of carbonyl (C=O) groups excluding carboxylic acids is 5.